The van der Waals surface area contributed by atoms with Gasteiger partial charge in [-0.3, -0.25) is 19.6 Å². The van der Waals surface area contributed by atoms with Gasteiger partial charge in [-0.15, -0.1) is 0 Å². The summed E-state index contributed by atoms with van der Waals surface area (Å²) in [6.07, 6.45) is 2.55. The van der Waals surface area contributed by atoms with Crippen molar-refractivity contribution in [3.05, 3.63) is 71.4 Å². The number of fused-ring (bicyclic) bond motifs is 3. The Morgan fingerprint density at radius 3 is 2.29 bits per heavy atom. The zero-order valence-electron chi connectivity index (χ0n) is 19.3. The second kappa shape index (κ2) is 8.90. The first kappa shape index (κ1) is 22.6. The van der Waals surface area contributed by atoms with Crippen molar-refractivity contribution in [2.24, 2.45) is 7.05 Å². The summed E-state index contributed by atoms with van der Waals surface area (Å²) >= 11 is 0. The second-order valence-corrected chi connectivity index (χ2v) is 9.14. The lowest BCUT2D eigenvalue weighted by molar-refractivity contribution is -0.139. The highest BCUT2D eigenvalue weighted by Gasteiger charge is 2.41. The van der Waals surface area contributed by atoms with Crippen LogP contribution in [0.2, 0.25) is 0 Å². The van der Waals surface area contributed by atoms with E-state index >= 15 is 0 Å². The molecule has 2 aliphatic rings. The minimum Gasteiger partial charge on any atom is -0.481 e. The van der Waals surface area contributed by atoms with E-state index in [-0.39, 0.29) is 30.3 Å². The summed E-state index contributed by atoms with van der Waals surface area (Å²) in [5.41, 5.74) is 3.86. The van der Waals surface area contributed by atoms with Crippen LogP contribution < -0.4 is 10.6 Å². The zero-order chi connectivity index (χ0) is 24.6. The Balaban J connectivity index is 1.27. The van der Waals surface area contributed by atoms with Crippen molar-refractivity contribution in [2.75, 3.05) is 11.9 Å². The van der Waals surface area contributed by atoms with E-state index < -0.39 is 23.5 Å². The molecule has 1 fully saturated rings. The molecular weight excluding hydrogens is 448 g/mol. The predicted octanol–water partition coefficient (Wildman–Crippen LogP) is 3.91. The molecule has 0 bridgehead atoms. The van der Waals surface area contributed by atoms with E-state index in [1.54, 1.807) is 7.05 Å². The molecule has 3 aromatic rings. The van der Waals surface area contributed by atoms with E-state index in [0.717, 1.165) is 28.7 Å². The number of amides is 2. The highest BCUT2D eigenvalue weighted by molar-refractivity contribution is 6.02. The molecule has 2 amide bonds. The maximum absolute atomic E-state index is 12.9. The minimum absolute atomic E-state index is 0.0862. The Bertz CT molecular complexity index is 1270. The van der Waals surface area contributed by atoms with Crippen molar-refractivity contribution < 1.29 is 24.2 Å². The normalized spacial score (nSPS) is 15.5. The third-order valence-electron chi connectivity index (χ3n) is 6.93. The van der Waals surface area contributed by atoms with Gasteiger partial charge in [-0.2, -0.15) is 5.10 Å². The third-order valence-corrected chi connectivity index (χ3v) is 6.93. The van der Waals surface area contributed by atoms with Crippen LogP contribution in [0.3, 0.4) is 0 Å². The number of aromatic nitrogens is 2. The number of aryl methyl sites for hydroxylation is 1. The summed E-state index contributed by atoms with van der Waals surface area (Å²) in [6, 6.07) is 16.1. The maximum Gasteiger partial charge on any atom is 0.412 e. The Hall–Kier alpha value is -4.14. The molecule has 2 aromatic carbocycles. The molecule has 9 nitrogen and oxygen atoms in total. The molecule has 3 N–H and O–H groups in total. The molecule has 1 saturated carbocycles. The lowest BCUT2D eigenvalue weighted by Gasteiger charge is -2.41. The standard InChI is InChI=1S/C26H26N4O5/c1-30-23(20(14-27-30)24(33)29-26(11-6-12-26)13-22(31)32)28-25(34)35-15-21-18-9-4-2-7-16(18)17-8-3-5-10-19(17)21/h2-5,7-10,14,21H,6,11-13,15H2,1H3,(H,28,34)(H,29,33)(H,31,32). The minimum atomic E-state index is -0.965. The topological polar surface area (TPSA) is 123 Å². The number of carboxylic acids is 1. The number of nitrogens with zero attached hydrogens (tertiary/aromatic N) is 2. The molecule has 0 saturated heterocycles. The number of ether oxygens (including phenoxy) is 1. The molecular formula is C26H26N4O5. The molecule has 5 rings (SSSR count). The number of nitrogens with one attached hydrogen (secondary N) is 2. The predicted molar refractivity (Wildman–Crippen MR) is 128 cm³/mol. The van der Waals surface area contributed by atoms with E-state index in [4.69, 9.17) is 4.74 Å². The first-order valence-corrected chi connectivity index (χ1v) is 11.6. The lowest BCUT2D eigenvalue weighted by atomic mass is 9.74. The number of aliphatic carboxylic acids is 1. The van der Waals surface area contributed by atoms with Gasteiger partial charge in [0.05, 0.1) is 18.2 Å². The average Bonchev–Trinajstić information content (AvgIpc) is 3.33. The first-order chi connectivity index (χ1) is 16.9. The molecule has 1 heterocycles. The van der Waals surface area contributed by atoms with Crippen molar-refractivity contribution in [3.63, 3.8) is 0 Å². The highest BCUT2D eigenvalue weighted by Crippen LogP contribution is 2.44. The molecule has 1 aromatic heterocycles. The molecule has 2 aliphatic carbocycles. The van der Waals surface area contributed by atoms with Crippen LogP contribution in [0.5, 0.6) is 0 Å². The Morgan fingerprint density at radius 1 is 1.09 bits per heavy atom. The van der Waals surface area contributed by atoms with Crippen molar-refractivity contribution in [1.29, 1.82) is 0 Å². The Morgan fingerprint density at radius 2 is 1.71 bits per heavy atom. The van der Waals surface area contributed by atoms with Crippen LogP contribution >= 0.6 is 0 Å². The number of benzene rings is 2. The maximum atomic E-state index is 12.9. The van der Waals surface area contributed by atoms with Crippen LogP contribution in [0, 0.1) is 0 Å². The number of carbonyl (C=O) groups excluding carboxylic acids is 2. The van der Waals surface area contributed by atoms with Crippen molar-refractivity contribution in [3.8, 4) is 11.1 Å². The molecule has 180 valence electrons. The fourth-order valence-electron chi connectivity index (χ4n) is 5.03. The summed E-state index contributed by atoms with van der Waals surface area (Å²) in [5.74, 6) is -1.34. The lowest BCUT2D eigenvalue weighted by Crippen LogP contribution is -2.54. The summed E-state index contributed by atoms with van der Waals surface area (Å²) < 4.78 is 6.96. The summed E-state index contributed by atoms with van der Waals surface area (Å²) in [7, 11) is 1.60. The number of carboxylic acid groups (broad SMARTS) is 1. The van der Waals surface area contributed by atoms with Gasteiger partial charge < -0.3 is 15.2 Å². The smallest absolute Gasteiger partial charge is 0.412 e. The number of hydrogen-bond acceptors (Lipinski definition) is 5. The first-order valence-electron chi connectivity index (χ1n) is 11.6. The van der Waals surface area contributed by atoms with Crippen LogP contribution in [0.4, 0.5) is 10.6 Å². The van der Waals surface area contributed by atoms with E-state index in [1.807, 2.05) is 36.4 Å². The number of hydrogen-bond donors (Lipinski definition) is 3. The fraction of sp³-hybridized carbons (Fsp3) is 0.308. The van der Waals surface area contributed by atoms with Gasteiger partial charge in [0.15, 0.2) is 0 Å². The molecule has 0 unspecified atom stereocenters. The second-order valence-electron chi connectivity index (χ2n) is 9.14. The van der Waals surface area contributed by atoms with Crippen LogP contribution in [0.15, 0.2) is 54.7 Å². The molecule has 0 spiro atoms. The van der Waals surface area contributed by atoms with Crippen LogP contribution in [-0.2, 0) is 16.6 Å². The van der Waals surface area contributed by atoms with Gasteiger partial charge in [0.25, 0.3) is 5.91 Å². The highest BCUT2D eigenvalue weighted by atomic mass is 16.5. The van der Waals surface area contributed by atoms with Crippen LogP contribution in [-0.4, -0.2) is 45.0 Å². The van der Waals surface area contributed by atoms with Gasteiger partial charge in [0.1, 0.15) is 18.0 Å². The molecule has 0 aliphatic heterocycles. The van der Waals surface area contributed by atoms with E-state index in [0.29, 0.717) is 12.8 Å². The van der Waals surface area contributed by atoms with Crippen molar-refractivity contribution in [1.82, 2.24) is 15.1 Å². The van der Waals surface area contributed by atoms with Crippen molar-refractivity contribution in [2.45, 2.75) is 37.1 Å². The monoisotopic (exact) mass is 474 g/mol. The van der Waals surface area contributed by atoms with E-state index in [9.17, 15) is 19.5 Å². The average molecular weight is 475 g/mol. The molecule has 0 atom stereocenters. The van der Waals surface area contributed by atoms with Gasteiger partial charge in [0, 0.05) is 13.0 Å². The Kier molecular flexibility index (Phi) is 5.76. The molecule has 35 heavy (non-hydrogen) atoms. The number of anilines is 1. The summed E-state index contributed by atoms with van der Waals surface area (Å²) in [4.78, 5) is 36.9. The van der Waals surface area contributed by atoms with E-state index in [1.165, 1.54) is 10.9 Å². The quantitative estimate of drug-likeness (QED) is 0.477. The van der Waals surface area contributed by atoms with Crippen LogP contribution in [0.1, 0.15) is 53.1 Å². The van der Waals surface area contributed by atoms with Gasteiger partial charge in [-0.1, -0.05) is 48.5 Å². The SMILES string of the molecule is Cn1ncc(C(=O)NC2(CC(=O)O)CCC2)c1NC(=O)OCC1c2ccccc2-c2ccccc21. The van der Waals surface area contributed by atoms with Gasteiger partial charge in [0.2, 0.25) is 0 Å². The van der Waals surface area contributed by atoms with Gasteiger partial charge in [-0.05, 0) is 41.5 Å². The Labute approximate surface area is 202 Å². The third kappa shape index (κ3) is 4.25. The van der Waals surface area contributed by atoms with Crippen LogP contribution in [0.25, 0.3) is 11.1 Å². The number of carbonyl (C=O) groups is 3. The zero-order valence-corrected chi connectivity index (χ0v) is 19.3. The summed E-state index contributed by atoms with van der Waals surface area (Å²) in [5, 5.41) is 18.8. The fourth-order valence-corrected chi connectivity index (χ4v) is 5.03. The molecule has 9 heteroatoms. The largest absolute Gasteiger partial charge is 0.481 e. The molecule has 0 radical (unpaired) electrons. The van der Waals surface area contributed by atoms with Gasteiger partial charge >= 0.3 is 12.1 Å². The van der Waals surface area contributed by atoms with E-state index in [2.05, 4.69) is 27.9 Å². The van der Waals surface area contributed by atoms with Gasteiger partial charge in [-0.25, -0.2) is 4.79 Å². The summed E-state index contributed by atoms with van der Waals surface area (Å²) in [6.45, 7) is 0.140. The number of rotatable bonds is 7. The van der Waals surface area contributed by atoms with Crippen molar-refractivity contribution >= 4 is 23.8 Å².